The van der Waals surface area contributed by atoms with Gasteiger partial charge in [0.1, 0.15) is 0 Å². The summed E-state index contributed by atoms with van der Waals surface area (Å²) in [5.41, 5.74) is 9.28. The SMILES string of the molecule is Cc1ccc(Br)cc1C(N)c1c(Cl)cnn1C. The minimum atomic E-state index is -0.271. The highest BCUT2D eigenvalue weighted by Gasteiger charge is 2.18. The van der Waals surface area contributed by atoms with E-state index in [1.165, 1.54) is 0 Å². The maximum atomic E-state index is 6.27. The number of hydrogen-bond acceptors (Lipinski definition) is 2. The van der Waals surface area contributed by atoms with Crippen LogP contribution in [0.3, 0.4) is 0 Å². The predicted molar refractivity (Wildman–Crippen MR) is 73.1 cm³/mol. The van der Waals surface area contributed by atoms with Crippen molar-refractivity contribution in [3.63, 3.8) is 0 Å². The summed E-state index contributed by atoms with van der Waals surface area (Å²) in [6.45, 7) is 2.03. The normalized spacial score (nSPS) is 12.8. The quantitative estimate of drug-likeness (QED) is 0.925. The van der Waals surface area contributed by atoms with Gasteiger partial charge in [0.15, 0.2) is 0 Å². The van der Waals surface area contributed by atoms with Gasteiger partial charge in [-0.05, 0) is 30.2 Å². The molecule has 0 aliphatic rings. The first-order chi connectivity index (χ1) is 8.00. The molecule has 5 heteroatoms. The Morgan fingerprint density at radius 1 is 1.47 bits per heavy atom. The third-order valence-electron chi connectivity index (χ3n) is 2.81. The van der Waals surface area contributed by atoms with Crippen molar-refractivity contribution in [3.8, 4) is 0 Å². The number of benzene rings is 1. The number of hydrogen-bond donors (Lipinski definition) is 1. The number of aromatic nitrogens is 2. The molecule has 0 bridgehead atoms. The van der Waals surface area contributed by atoms with Crippen LogP contribution in [0.4, 0.5) is 0 Å². The van der Waals surface area contributed by atoms with Crippen molar-refractivity contribution in [3.05, 3.63) is 50.7 Å². The van der Waals surface area contributed by atoms with Crippen molar-refractivity contribution in [1.29, 1.82) is 0 Å². The molecule has 1 aromatic carbocycles. The molecule has 0 fully saturated rings. The predicted octanol–water partition coefficient (Wildman–Crippen LogP) is 3.19. The zero-order valence-corrected chi connectivity index (χ0v) is 12.0. The Morgan fingerprint density at radius 3 is 2.76 bits per heavy atom. The molecular formula is C12H13BrClN3. The van der Waals surface area contributed by atoms with Gasteiger partial charge in [0.2, 0.25) is 0 Å². The molecule has 0 spiro atoms. The molecule has 1 aromatic heterocycles. The molecule has 1 unspecified atom stereocenters. The van der Waals surface area contributed by atoms with Crippen molar-refractivity contribution in [2.75, 3.05) is 0 Å². The maximum Gasteiger partial charge on any atom is 0.0837 e. The Morgan fingerprint density at radius 2 is 2.18 bits per heavy atom. The average molecular weight is 315 g/mol. The molecule has 3 nitrogen and oxygen atoms in total. The Labute approximate surface area is 114 Å². The molecule has 1 heterocycles. The molecular weight excluding hydrogens is 302 g/mol. The number of halogens is 2. The fourth-order valence-electron chi connectivity index (χ4n) is 1.86. The van der Waals surface area contributed by atoms with Crippen LogP contribution in [0.15, 0.2) is 28.9 Å². The first kappa shape index (κ1) is 12.6. The third kappa shape index (κ3) is 2.39. The molecule has 0 amide bonds. The van der Waals surface area contributed by atoms with E-state index in [0.29, 0.717) is 5.02 Å². The smallest absolute Gasteiger partial charge is 0.0837 e. The van der Waals surface area contributed by atoms with Crippen LogP contribution >= 0.6 is 27.5 Å². The molecule has 0 radical (unpaired) electrons. The van der Waals surface area contributed by atoms with E-state index < -0.39 is 0 Å². The summed E-state index contributed by atoms with van der Waals surface area (Å²) < 4.78 is 2.72. The van der Waals surface area contributed by atoms with Gasteiger partial charge in [-0.1, -0.05) is 33.6 Å². The summed E-state index contributed by atoms with van der Waals surface area (Å²) in [5, 5.41) is 4.70. The minimum absolute atomic E-state index is 0.271. The summed E-state index contributed by atoms with van der Waals surface area (Å²) in [5.74, 6) is 0. The van der Waals surface area contributed by atoms with E-state index in [1.54, 1.807) is 10.9 Å². The molecule has 2 N–H and O–H groups in total. The lowest BCUT2D eigenvalue weighted by molar-refractivity contribution is 0.671. The Bertz CT molecular complexity index is 531. The summed E-state index contributed by atoms with van der Waals surface area (Å²) >= 11 is 9.56. The van der Waals surface area contributed by atoms with E-state index in [2.05, 4.69) is 21.0 Å². The molecule has 0 aliphatic heterocycles. The lowest BCUT2D eigenvalue weighted by atomic mass is 9.99. The first-order valence-corrected chi connectivity index (χ1v) is 6.37. The second-order valence-corrected chi connectivity index (χ2v) is 5.30. The standard InChI is InChI=1S/C12H13BrClN3/c1-7-3-4-8(13)5-9(7)11(15)12-10(14)6-16-17(12)2/h3-6,11H,15H2,1-2H3. The molecule has 1 atom stereocenters. The fraction of sp³-hybridized carbons (Fsp3) is 0.250. The van der Waals surface area contributed by atoms with Crippen LogP contribution in [0.25, 0.3) is 0 Å². The van der Waals surface area contributed by atoms with Gasteiger partial charge >= 0.3 is 0 Å². The second-order valence-electron chi connectivity index (χ2n) is 3.98. The van der Waals surface area contributed by atoms with Gasteiger partial charge in [-0.15, -0.1) is 0 Å². The van der Waals surface area contributed by atoms with E-state index in [4.69, 9.17) is 17.3 Å². The highest BCUT2D eigenvalue weighted by Crippen LogP contribution is 2.29. The molecule has 2 rings (SSSR count). The Balaban J connectivity index is 2.50. The minimum Gasteiger partial charge on any atom is -0.319 e. The van der Waals surface area contributed by atoms with Crippen LogP contribution in [-0.2, 0) is 7.05 Å². The van der Waals surface area contributed by atoms with Gasteiger partial charge in [0, 0.05) is 11.5 Å². The monoisotopic (exact) mass is 313 g/mol. The van der Waals surface area contributed by atoms with E-state index in [9.17, 15) is 0 Å². The lowest BCUT2D eigenvalue weighted by Crippen LogP contribution is -2.17. The Kier molecular flexibility index (Phi) is 3.56. The summed E-state index contributed by atoms with van der Waals surface area (Å²) in [4.78, 5) is 0. The zero-order chi connectivity index (χ0) is 12.6. The summed E-state index contributed by atoms with van der Waals surface area (Å²) in [6, 6.07) is 5.77. The lowest BCUT2D eigenvalue weighted by Gasteiger charge is -2.16. The van der Waals surface area contributed by atoms with Gasteiger partial charge in [0.05, 0.1) is 23.0 Å². The van der Waals surface area contributed by atoms with Crippen molar-refractivity contribution >= 4 is 27.5 Å². The summed E-state index contributed by atoms with van der Waals surface area (Å²) in [7, 11) is 1.84. The second kappa shape index (κ2) is 4.80. The molecule has 0 saturated carbocycles. The largest absolute Gasteiger partial charge is 0.319 e. The highest BCUT2D eigenvalue weighted by molar-refractivity contribution is 9.10. The van der Waals surface area contributed by atoms with E-state index >= 15 is 0 Å². The number of nitrogens with zero attached hydrogens (tertiary/aromatic N) is 2. The van der Waals surface area contributed by atoms with Crippen molar-refractivity contribution in [1.82, 2.24) is 9.78 Å². The van der Waals surface area contributed by atoms with Crippen LogP contribution in [0, 0.1) is 6.92 Å². The van der Waals surface area contributed by atoms with Crippen molar-refractivity contribution < 1.29 is 0 Å². The highest BCUT2D eigenvalue weighted by atomic mass is 79.9. The van der Waals surface area contributed by atoms with Crippen LogP contribution in [0.1, 0.15) is 22.9 Å². The van der Waals surface area contributed by atoms with E-state index in [1.807, 2.05) is 32.2 Å². The van der Waals surface area contributed by atoms with Crippen LogP contribution in [0.2, 0.25) is 5.02 Å². The van der Waals surface area contributed by atoms with Gasteiger partial charge < -0.3 is 5.73 Å². The number of rotatable bonds is 2. The van der Waals surface area contributed by atoms with Crippen molar-refractivity contribution in [2.24, 2.45) is 12.8 Å². The first-order valence-electron chi connectivity index (χ1n) is 5.19. The van der Waals surface area contributed by atoms with Gasteiger partial charge in [0.25, 0.3) is 0 Å². The maximum absolute atomic E-state index is 6.27. The molecule has 0 aliphatic carbocycles. The van der Waals surface area contributed by atoms with Crippen LogP contribution in [-0.4, -0.2) is 9.78 Å². The molecule has 17 heavy (non-hydrogen) atoms. The molecule has 2 aromatic rings. The van der Waals surface area contributed by atoms with Gasteiger partial charge in [-0.3, -0.25) is 4.68 Å². The zero-order valence-electron chi connectivity index (χ0n) is 9.61. The topological polar surface area (TPSA) is 43.8 Å². The Hall–Kier alpha value is -0.840. The van der Waals surface area contributed by atoms with Gasteiger partial charge in [-0.25, -0.2) is 0 Å². The van der Waals surface area contributed by atoms with Crippen LogP contribution < -0.4 is 5.73 Å². The number of aryl methyl sites for hydroxylation is 2. The molecule has 90 valence electrons. The average Bonchev–Trinajstić information content (AvgIpc) is 2.61. The van der Waals surface area contributed by atoms with Gasteiger partial charge in [-0.2, -0.15) is 5.10 Å². The van der Waals surface area contributed by atoms with Crippen molar-refractivity contribution in [2.45, 2.75) is 13.0 Å². The van der Waals surface area contributed by atoms with E-state index in [0.717, 1.165) is 21.3 Å². The van der Waals surface area contributed by atoms with E-state index in [-0.39, 0.29) is 6.04 Å². The number of nitrogens with two attached hydrogens (primary N) is 1. The molecule has 0 saturated heterocycles. The summed E-state index contributed by atoms with van der Waals surface area (Å²) in [6.07, 6.45) is 1.62. The third-order valence-corrected chi connectivity index (χ3v) is 3.59. The van der Waals surface area contributed by atoms with Crippen LogP contribution in [0.5, 0.6) is 0 Å². The fourth-order valence-corrected chi connectivity index (χ4v) is 2.53.